The highest BCUT2D eigenvalue weighted by molar-refractivity contribution is 6.17. The second kappa shape index (κ2) is 6.76. The molecule has 0 saturated carbocycles. The molecule has 3 aromatic rings. The van der Waals surface area contributed by atoms with Crippen LogP contribution in [0.25, 0.3) is 16.9 Å². The Bertz CT molecular complexity index is 876. The van der Waals surface area contributed by atoms with Crippen LogP contribution < -0.4 is 4.74 Å². The van der Waals surface area contributed by atoms with E-state index in [4.69, 9.17) is 16.3 Å². The molecule has 2 aromatic carbocycles. The minimum Gasteiger partial charge on any atom is -0.497 e. The van der Waals surface area contributed by atoms with E-state index in [-0.39, 0.29) is 11.6 Å². The van der Waals surface area contributed by atoms with Gasteiger partial charge in [-0.3, -0.25) is 0 Å². The fraction of sp³-hybridized carbons (Fsp3) is 0.176. The smallest absolute Gasteiger partial charge is 0.418 e. The molecule has 0 amide bonds. The standard InChI is InChI=1S/C17H13ClF3N3O/c1-25-12-8-6-11(7-9-12)16-14(10-18)22-23-24(16)15-5-3-2-4-13(15)17(19,20)21/h2-9H,10H2,1H3. The molecule has 4 nitrogen and oxygen atoms in total. The van der Waals surface area contributed by atoms with Gasteiger partial charge in [-0.25, -0.2) is 4.68 Å². The van der Waals surface area contributed by atoms with Crippen molar-refractivity contribution in [3.05, 3.63) is 59.8 Å². The summed E-state index contributed by atoms with van der Waals surface area (Å²) in [4.78, 5) is 0. The van der Waals surface area contributed by atoms with Crippen LogP contribution in [0.5, 0.6) is 5.75 Å². The van der Waals surface area contributed by atoms with E-state index >= 15 is 0 Å². The molecule has 3 rings (SSSR count). The van der Waals surface area contributed by atoms with Crippen LogP contribution in [0.4, 0.5) is 13.2 Å². The highest BCUT2D eigenvalue weighted by atomic mass is 35.5. The molecule has 1 aromatic heterocycles. The van der Waals surface area contributed by atoms with E-state index in [1.807, 2.05) is 0 Å². The normalized spacial score (nSPS) is 11.6. The molecule has 0 bridgehead atoms. The fourth-order valence-electron chi connectivity index (χ4n) is 2.51. The van der Waals surface area contributed by atoms with Gasteiger partial charge in [0.2, 0.25) is 0 Å². The molecule has 0 saturated heterocycles. The van der Waals surface area contributed by atoms with E-state index < -0.39 is 11.7 Å². The third-order valence-corrected chi connectivity index (χ3v) is 3.92. The predicted molar refractivity (Wildman–Crippen MR) is 87.9 cm³/mol. The lowest BCUT2D eigenvalue weighted by molar-refractivity contribution is -0.137. The highest BCUT2D eigenvalue weighted by Crippen LogP contribution is 2.36. The summed E-state index contributed by atoms with van der Waals surface area (Å²) in [6, 6.07) is 12.1. The number of aromatic nitrogens is 3. The molecule has 8 heteroatoms. The monoisotopic (exact) mass is 367 g/mol. The predicted octanol–water partition coefficient (Wildman–Crippen LogP) is 4.70. The number of halogens is 4. The van der Waals surface area contributed by atoms with Gasteiger partial charge in [-0.1, -0.05) is 17.3 Å². The zero-order valence-electron chi connectivity index (χ0n) is 13.1. The van der Waals surface area contributed by atoms with Gasteiger partial charge in [0, 0.05) is 5.56 Å². The zero-order valence-corrected chi connectivity index (χ0v) is 13.8. The number of hydrogen-bond donors (Lipinski definition) is 0. The van der Waals surface area contributed by atoms with Crippen molar-refractivity contribution in [2.24, 2.45) is 0 Å². The van der Waals surface area contributed by atoms with Crippen LogP contribution in [-0.2, 0) is 12.1 Å². The average molecular weight is 368 g/mol. The first-order valence-corrected chi connectivity index (χ1v) is 7.80. The third-order valence-electron chi connectivity index (χ3n) is 3.67. The minimum absolute atomic E-state index is 0.0234. The van der Waals surface area contributed by atoms with Gasteiger partial charge in [0.05, 0.1) is 29.9 Å². The van der Waals surface area contributed by atoms with Gasteiger partial charge in [-0.15, -0.1) is 16.7 Å². The van der Waals surface area contributed by atoms with Crippen molar-refractivity contribution in [2.75, 3.05) is 7.11 Å². The first-order valence-electron chi connectivity index (χ1n) is 7.27. The van der Waals surface area contributed by atoms with Crippen molar-refractivity contribution in [1.29, 1.82) is 0 Å². The van der Waals surface area contributed by atoms with Crippen molar-refractivity contribution < 1.29 is 17.9 Å². The highest BCUT2D eigenvalue weighted by Gasteiger charge is 2.34. The number of ether oxygens (including phenoxy) is 1. The number of nitrogens with zero attached hydrogens (tertiary/aromatic N) is 3. The summed E-state index contributed by atoms with van der Waals surface area (Å²) in [5.74, 6) is 0.654. The minimum atomic E-state index is -4.51. The van der Waals surface area contributed by atoms with E-state index in [1.54, 1.807) is 24.3 Å². The number of methoxy groups -OCH3 is 1. The lowest BCUT2D eigenvalue weighted by Crippen LogP contribution is -2.12. The third kappa shape index (κ3) is 3.32. The van der Waals surface area contributed by atoms with Crippen LogP contribution in [0, 0.1) is 0 Å². The Kier molecular flexibility index (Phi) is 4.67. The Morgan fingerprint density at radius 3 is 2.36 bits per heavy atom. The van der Waals surface area contributed by atoms with Crippen molar-refractivity contribution >= 4 is 11.6 Å². The quantitative estimate of drug-likeness (QED) is 0.627. The fourth-order valence-corrected chi connectivity index (χ4v) is 2.69. The number of benzene rings is 2. The Balaban J connectivity index is 2.21. The Morgan fingerprint density at radius 1 is 1.08 bits per heavy atom. The first-order chi connectivity index (χ1) is 12.0. The molecular weight excluding hydrogens is 355 g/mol. The molecule has 0 radical (unpaired) electrons. The van der Waals surface area contributed by atoms with Crippen LogP contribution in [0.2, 0.25) is 0 Å². The summed E-state index contributed by atoms with van der Waals surface area (Å²) in [5.41, 5.74) is 0.539. The molecule has 25 heavy (non-hydrogen) atoms. The maximum Gasteiger partial charge on any atom is 0.418 e. The van der Waals surface area contributed by atoms with Gasteiger partial charge in [-0.05, 0) is 36.4 Å². The number of alkyl halides is 4. The van der Waals surface area contributed by atoms with Gasteiger partial charge in [0.1, 0.15) is 11.4 Å². The molecule has 0 aliphatic heterocycles. The molecule has 0 atom stereocenters. The van der Waals surface area contributed by atoms with Crippen LogP contribution in [0.15, 0.2) is 48.5 Å². The van der Waals surface area contributed by atoms with E-state index in [0.717, 1.165) is 6.07 Å². The summed E-state index contributed by atoms with van der Waals surface area (Å²) < 4.78 is 46.3. The summed E-state index contributed by atoms with van der Waals surface area (Å²) >= 11 is 5.91. The zero-order chi connectivity index (χ0) is 18.0. The lowest BCUT2D eigenvalue weighted by Gasteiger charge is -2.14. The summed E-state index contributed by atoms with van der Waals surface area (Å²) in [7, 11) is 1.53. The molecule has 1 heterocycles. The molecule has 130 valence electrons. The van der Waals surface area contributed by atoms with Gasteiger partial charge in [0.25, 0.3) is 0 Å². The molecule has 0 aliphatic carbocycles. The second-order valence-electron chi connectivity index (χ2n) is 5.17. The average Bonchev–Trinajstić information content (AvgIpc) is 3.05. The summed E-state index contributed by atoms with van der Waals surface area (Å²) in [5, 5.41) is 7.84. The van der Waals surface area contributed by atoms with Crippen LogP contribution in [0.3, 0.4) is 0 Å². The Morgan fingerprint density at radius 2 is 1.76 bits per heavy atom. The van der Waals surface area contributed by atoms with Crippen molar-refractivity contribution in [3.63, 3.8) is 0 Å². The van der Waals surface area contributed by atoms with Crippen LogP contribution in [-0.4, -0.2) is 22.1 Å². The summed E-state index contributed by atoms with van der Waals surface area (Å²) in [6.45, 7) is 0. The largest absolute Gasteiger partial charge is 0.497 e. The second-order valence-corrected chi connectivity index (χ2v) is 5.44. The van der Waals surface area contributed by atoms with Gasteiger partial charge in [-0.2, -0.15) is 13.2 Å². The SMILES string of the molecule is COc1ccc(-c2c(CCl)nnn2-c2ccccc2C(F)(F)F)cc1. The number of rotatable bonds is 4. The van der Waals surface area contributed by atoms with Crippen molar-refractivity contribution in [2.45, 2.75) is 12.1 Å². The van der Waals surface area contributed by atoms with Gasteiger partial charge < -0.3 is 4.74 Å². The van der Waals surface area contributed by atoms with Crippen molar-refractivity contribution in [1.82, 2.24) is 15.0 Å². The first kappa shape index (κ1) is 17.3. The van der Waals surface area contributed by atoms with E-state index in [2.05, 4.69) is 10.3 Å². The van der Waals surface area contributed by atoms with Gasteiger partial charge >= 0.3 is 6.18 Å². The molecule has 0 aliphatic rings. The molecule has 0 spiro atoms. The van der Waals surface area contributed by atoms with E-state index in [9.17, 15) is 13.2 Å². The van der Waals surface area contributed by atoms with E-state index in [1.165, 1.54) is 30.0 Å². The number of para-hydroxylation sites is 1. The Hall–Kier alpha value is -2.54. The molecular formula is C17H13ClF3N3O. The lowest BCUT2D eigenvalue weighted by atomic mass is 10.1. The molecule has 0 N–H and O–H groups in total. The van der Waals surface area contributed by atoms with Gasteiger partial charge in [0.15, 0.2) is 0 Å². The topological polar surface area (TPSA) is 39.9 Å². The van der Waals surface area contributed by atoms with Crippen LogP contribution in [0.1, 0.15) is 11.3 Å². The van der Waals surface area contributed by atoms with Crippen LogP contribution >= 0.6 is 11.6 Å². The van der Waals surface area contributed by atoms with Crippen molar-refractivity contribution in [3.8, 4) is 22.7 Å². The van der Waals surface area contributed by atoms with E-state index in [0.29, 0.717) is 22.7 Å². The maximum atomic E-state index is 13.4. The molecule has 0 fully saturated rings. The molecule has 0 unspecified atom stereocenters. The Labute approximate surface area is 146 Å². The number of hydrogen-bond acceptors (Lipinski definition) is 3. The summed E-state index contributed by atoms with van der Waals surface area (Å²) in [6.07, 6.45) is -4.51. The maximum absolute atomic E-state index is 13.4.